The molecule has 76 valence electrons. The van der Waals surface area contributed by atoms with Crippen molar-refractivity contribution in [2.45, 2.75) is 13.8 Å². The molecule has 0 fully saturated rings. The van der Waals surface area contributed by atoms with E-state index in [2.05, 4.69) is 29.1 Å². The Bertz CT molecular complexity index is 308. The zero-order chi connectivity index (χ0) is 10.6. The van der Waals surface area contributed by atoms with Crippen LogP contribution in [0.2, 0.25) is 0 Å². The normalized spacial score (nSPS) is 10.2. The number of rotatable bonds is 4. The molecule has 0 atom stereocenters. The van der Waals surface area contributed by atoms with E-state index in [0.717, 1.165) is 6.54 Å². The summed E-state index contributed by atoms with van der Waals surface area (Å²) < 4.78 is 0. The summed E-state index contributed by atoms with van der Waals surface area (Å²) in [7, 11) is 0. The van der Waals surface area contributed by atoms with Crippen molar-refractivity contribution in [3.8, 4) is 0 Å². The van der Waals surface area contributed by atoms with E-state index in [1.54, 1.807) is 0 Å². The first-order valence-electron chi connectivity index (χ1n) is 4.39. The van der Waals surface area contributed by atoms with E-state index in [1.165, 1.54) is 12.4 Å². The lowest BCUT2D eigenvalue weighted by Gasteiger charge is -2.06. The molecule has 1 aromatic rings. The van der Waals surface area contributed by atoms with Gasteiger partial charge >= 0.3 is 5.97 Å². The molecule has 0 aromatic carbocycles. The Morgan fingerprint density at radius 3 is 2.64 bits per heavy atom. The van der Waals surface area contributed by atoms with Gasteiger partial charge in [0.15, 0.2) is 5.69 Å². The van der Waals surface area contributed by atoms with E-state index in [9.17, 15) is 4.79 Å². The number of aromatic carboxylic acids is 1. The minimum atomic E-state index is -1.06. The average Bonchev–Trinajstić information content (AvgIpc) is 2.15. The molecule has 1 aromatic heterocycles. The van der Waals surface area contributed by atoms with Gasteiger partial charge in [0.25, 0.3) is 0 Å². The lowest BCUT2D eigenvalue weighted by atomic mass is 10.2. The van der Waals surface area contributed by atoms with E-state index >= 15 is 0 Å². The highest BCUT2D eigenvalue weighted by Gasteiger charge is 2.04. The molecule has 0 spiro atoms. The van der Waals surface area contributed by atoms with Crippen molar-refractivity contribution in [3.05, 3.63) is 18.1 Å². The van der Waals surface area contributed by atoms with Crippen molar-refractivity contribution >= 4 is 11.8 Å². The zero-order valence-electron chi connectivity index (χ0n) is 8.19. The van der Waals surface area contributed by atoms with Crippen molar-refractivity contribution < 1.29 is 9.90 Å². The van der Waals surface area contributed by atoms with Gasteiger partial charge in [-0.15, -0.1) is 0 Å². The minimum absolute atomic E-state index is 0.0416. The Kier molecular flexibility index (Phi) is 3.39. The molecule has 5 heteroatoms. The van der Waals surface area contributed by atoms with Crippen LogP contribution in [-0.4, -0.2) is 27.6 Å². The molecule has 1 heterocycles. The Morgan fingerprint density at radius 2 is 2.21 bits per heavy atom. The topological polar surface area (TPSA) is 75.1 Å². The molecule has 0 aliphatic carbocycles. The molecule has 0 aliphatic rings. The zero-order valence-corrected chi connectivity index (χ0v) is 8.19. The van der Waals surface area contributed by atoms with Crippen molar-refractivity contribution in [2.24, 2.45) is 5.92 Å². The van der Waals surface area contributed by atoms with Crippen LogP contribution >= 0.6 is 0 Å². The summed E-state index contributed by atoms with van der Waals surface area (Å²) in [6.07, 6.45) is 2.66. The molecule has 0 amide bonds. The summed E-state index contributed by atoms with van der Waals surface area (Å²) in [4.78, 5) is 18.1. The van der Waals surface area contributed by atoms with Crippen molar-refractivity contribution in [1.82, 2.24) is 9.97 Å². The van der Waals surface area contributed by atoms with Gasteiger partial charge in [-0.3, -0.25) is 0 Å². The van der Waals surface area contributed by atoms with E-state index in [1.807, 2.05) is 0 Å². The first-order valence-corrected chi connectivity index (χ1v) is 4.39. The summed E-state index contributed by atoms with van der Waals surface area (Å²) in [6, 6.07) is 0. The van der Waals surface area contributed by atoms with Gasteiger partial charge in [-0.1, -0.05) is 13.8 Å². The van der Waals surface area contributed by atoms with Gasteiger partial charge in [-0.2, -0.15) is 0 Å². The Labute approximate surface area is 82.2 Å². The largest absolute Gasteiger partial charge is 0.476 e. The van der Waals surface area contributed by atoms with Gasteiger partial charge in [0.1, 0.15) is 5.82 Å². The monoisotopic (exact) mass is 195 g/mol. The SMILES string of the molecule is CC(C)CNc1cnc(C(=O)O)cn1. The predicted molar refractivity (Wildman–Crippen MR) is 52.3 cm³/mol. The maximum absolute atomic E-state index is 10.5. The highest BCUT2D eigenvalue weighted by atomic mass is 16.4. The first-order chi connectivity index (χ1) is 6.59. The highest BCUT2D eigenvalue weighted by molar-refractivity contribution is 5.84. The van der Waals surface area contributed by atoms with Crippen LogP contribution in [0.4, 0.5) is 5.82 Å². The van der Waals surface area contributed by atoms with E-state index < -0.39 is 5.97 Å². The fraction of sp³-hybridized carbons (Fsp3) is 0.444. The van der Waals surface area contributed by atoms with Gasteiger partial charge in [-0.25, -0.2) is 14.8 Å². The summed E-state index contributed by atoms with van der Waals surface area (Å²) in [5.41, 5.74) is -0.0416. The van der Waals surface area contributed by atoms with Crippen molar-refractivity contribution in [1.29, 1.82) is 0 Å². The molecular weight excluding hydrogens is 182 g/mol. The van der Waals surface area contributed by atoms with Crippen LogP contribution in [0.3, 0.4) is 0 Å². The summed E-state index contributed by atoms with van der Waals surface area (Å²) >= 11 is 0. The number of hydrogen-bond donors (Lipinski definition) is 2. The van der Waals surface area contributed by atoms with E-state index in [-0.39, 0.29) is 5.69 Å². The molecule has 0 saturated heterocycles. The number of hydrogen-bond acceptors (Lipinski definition) is 4. The van der Waals surface area contributed by atoms with Crippen LogP contribution in [-0.2, 0) is 0 Å². The molecule has 1 rings (SSSR count). The molecule has 0 saturated carbocycles. The number of anilines is 1. The number of nitrogens with zero attached hydrogens (tertiary/aromatic N) is 2. The van der Waals surface area contributed by atoms with Crippen LogP contribution in [0.1, 0.15) is 24.3 Å². The summed E-state index contributed by atoms with van der Waals surface area (Å²) in [6.45, 7) is 4.94. The standard InChI is InChI=1S/C9H13N3O2/c1-6(2)3-11-8-5-10-7(4-12-8)9(13)14/h4-6H,3H2,1-2H3,(H,11,12)(H,13,14). The minimum Gasteiger partial charge on any atom is -0.476 e. The average molecular weight is 195 g/mol. The smallest absolute Gasteiger partial charge is 0.356 e. The van der Waals surface area contributed by atoms with E-state index in [4.69, 9.17) is 5.11 Å². The second-order valence-corrected chi connectivity index (χ2v) is 3.37. The Morgan fingerprint density at radius 1 is 1.50 bits per heavy atom. The van der Waals surface area contributed by atoms with Crippen LogP contribution in [0.15, 0.2) is 12.4 Å². The third-order valence-electron chi connectivity index (χ3n) is 1.56. The molecule has 0 aliphatic heterocycles. The molecular formula is C9H13N3O2. The van der Waals surface area contributed by atoms with Crippen LogP contribution in [0.25, 0.3) is 0 Å². The third-order valence-corrected chi connectivity index (χ3v) is 1.56. The van der Waals surface area contributed by atoms with E-state index in [0.29, 0.717) is 11.7 Å². The third kappa shape index (κ3) is 3.01. The maximum atomic E-state index is 10.5. The van der Waals surface area contributed by atoms with Crippen LogP contribution < -0.4 is 5.32 Å². The number of nitrogens with one attached hydrogen (secondary N) is 1. The summed E-state index contributed by atoms with van der Waals surface area (Å²) in [5, 5.41) is 11.6. The van der Waals surface area contributed by atoms with Gasteiger partial charge in [0, 0.05) is 6.54 Å². The molecule has 0 bridgehead atoms. The lowest BCUT2D eigenvalue weighted by Crippen LogP contribution is -2.10. The predicted octanol–water partition coefficient (Wildman–Crippen LogP) is 1.24. The molecule has 0 unspecified atom stereocenters. The lowest BCUT2D eigenvalue weighted by molar-refractivity contribution is 0.0690. The van der Waals surface area contributed by atoms with Crippen molar-refractivity contribution in [2.75, 3.05) is 11.9 Å². The van der Waals surface area contributed by atoms with Crippen molar-refractivity contribution in [3.63, 3.8) is 0 Å². The second kappa shape index (κ2) is 4.55. The highest BCUT2D eigenvalue weighted by Crippen LogP contribution is 2.02. The van der Waals surface area contributed by atoms with Crippen LogP contribution in [0.5, 0.6) is 0 Å². The van der Waals surface area contributed by atoms with Crippen LogP contribution in [0, 0.1) is 5.92 Å². The number of carboxylic acid groups (broad SMARTS) is 1. The quantitative estimate of drug-likeness (QED) is 0.756. The molecule has 5 nitrogen and oxygen atoms in total. The molecule has 14 heavy (non-hydrogen) atoms. The molecule has 0 radical (unpaired) electrons. The van der Waals surface area contributed by atoms with Gasteiger partial charge in [0.05, 0.1) is 12.4 Å². The second-order valence-electron chi connectivity index (χ2n) is 3.37. The number of carboxylic acids is 1. The first kappa shape index (κ1) is 10.4. The number of aromatic nitrogens is 2. The maximum Gasteiger partial charge on any atom is 0.356 e. The Hall–Kier alpha value is -1.65. The fourth-order valence-electron chi connectivity index (χ4n) is 0.838. The fourth-order valence-corrected chi connectivity index (χ4v) is 0.838. The Balaban J connectivity index is 2.60. The number of carbonyl (C=O) groups is 1. The van der Waals surface area contributed by atoms with Gasteiger partial charge < -0.3 is 10.4 Å². The molecule has 2 N–H and O–H groups in total. The van der Waals surface area contributed by atoms with Gasteiger partial charge in [0.2, 0.25) is 0 Å². The summed E-state index contributed by atoms with van der Waals surface area (Å²) in [5.74, 6) is 0.0487. The van der Waals surface area contributed by atoms with Gasteiger partial charge in [-0.05, 0) is 5.92 Å².